The molecule has 24 heavy (non-hydrogen) atoms. The Balaban J connectivity index is 1.73. The number of rotatable bonds is 1. The van der Waals surface area contributed by atoms with E-state index in [4.69, 9.17) is 0 Å². The Kier molecular flexibility index (Phi) is 3.26. The van der Waals surface area contributed by atoms with Gasteiger partial charge in [0, 0.05) is 38.1 Å². The number of amides is 1. The van der Waals surface area contributed by atoms with Crippen molar-refractivity contribution >= 4 is 15.9 Å². The van der Waals surface area contributed by atoms with Crippen LogP contribution in [0.15, 0.2) is 53.7 Å². The Morgan fingerprint density at radius 3 is 2.62 bits per heavy atom. The molecule has 0 saturated carbocycles. The van der Waals surface area contributed by atoms with Crippen LogP contribution in [0.2, 0.25) is 0 Å². The summed E-state index contributed by atoms with van der Waals surface area (Å²) in [5.74, 6) is -0.0931. The van der Waals surface area contributed by atoms with Gasteiger partial charge in [-0.3, -0.25) is 9.78 Å². The average molecular weight is 343 g/mol. The van der Waals surface area contributed by atoms with Gasteiger partial charge in [0.05, 0.1) is 10.4 Å². The second-order valence-electron chi connectivity index (χ2n) is 6.21. The zero-order valence-corrected chi connectivity index (χ0v) is 14.0. The minimum Gasteiger partial charge on any atom is -0.336 e. The highest BCUT2D eigenvalue weighted by Crippen LogP contribution is 2.48. The number of likely N-dealkylation sites (tertiary alicyclic amines) is 1. The van der Waals surface area contributed by atoms with E-state index in [1.807, 2.05) is 12.1 Å². The summed E-state index contributed by atoms with van der Waals surface area (Å²) in [6.07, 6.45) is 3.76. The van der Waals surface area contributed by atoms with Crippen molar-refractivity contribution < 1.29 is 13.2 Å². The molecule has 1 amide bonds. The molecule has 0 aliphatic carbocycles. The maximum Gasteiger partial charge on any atom is 0.254 e. The quantitative estimate of drug-likeness (QED) is 0.786. The molecule has 7 heteroatoms. The Morgan fingerprint density at radius 2 is 1.88 bits per heavy atom. The third-order valence-electron chi connectivity index (χ3n) is 5.09. The van der Waals surface area contributed by atoms with Gasteiger partial charge in [-0.05, 0) is 30.2 Å². The molecule has 1 fully saturated rings. The smallest absolute Gasteiger partial charge is 0.254 e. The number of likely N-dealkylation sites (N-methyl/N-ethyl adjacent to an activating group) is 1. The first kappa shape index (κ1) is 15.3. The van der Waals surface area contributed by atoms with Gasteiger partial charge in [-0.25, -0.2) is 8.42 Å². The molecule has 1 unspecified atom stereocenters. The molecule has 6 nitrogen and oxygen atoms in total. The molecular weight excluding hydrogens is 326 g/mol. The van der Waals surface area contributed by atoms with E-state index in [2.05, 4.69) is 4.98 Å². The van der Waals surface area contributed by atoms with Crippen LogP contribution in [-0.2, 0) is 15.6 Å². The molecule has 1 aromatic heterocycles. The lowest BCUT2D eigenvalue weighted by Crippen LogP contribution is -2.44. The minimum atomic E-state index is -3.50. The Morgan fingerprint density at radius 1 is 1.17 bits per heavy atom. The normalized spacial score (nSPS) is 25.1. The number of sulfonamides is 1. The van der Waals surface area contributed by atoms with Crippen LogP contribution in [0.4, 0.5) is 0 Å². The lowest BCUT2D eigenvalue weighted by atomic mass is 9.89. The molecule has 2 aromatic rings. The molecule has 3 heterocycles. The van der Waals surface area contributed by atoms with Crippen LogP contribution in [-0.4, -0.2) is 48.7 Å². The van der Waals surface area contributed by atoms with Gasteiger partial charge in [-0.15, -0.1) is 0 Å². The maximum atomic E-state index is 12.7. The van der Waals surface area contributed by atoms with Gasteiger partial charge in [-0.2, -0.15) is 4.31 Å². The fourth-order valence-corrected chi connectivity index (χ4v) is 5.53. The molecule has 0 bridgehead atoms. The van der Waals surface area contributed by atoms with Crippen LogP contribution in [0, 0.1) is 0 Å². The van der Waals surface area contributed by atoms with E-state index in [0.29, 0.717) is 30.0 Å². The van der Waals surface area contributed by atoms with Crippen LogP contribution in [0.3, 0.4) is 0 Å². The molecule has 0 radical (unpaired) electrons. The molecule has 4 rings (SSSR count). The number of benzene rings is 1. The highest BCUT2D eigenvalue weighted by atomic mass is 32.2. The number of aromatic nitrogens is 1. The van der Waals surface area contributed by atoms with Crippen molar-refractivity contribution in [3.63, 3.8) is 0 Å². The lowest BCUT2D eigenvalue weighted by Gasteiger charge is -2.31. The molecule has 2 aliphatic rings. The Bertz CT molecular complexity index is 914. The SMILES string of the molecule is CN1C2(CCN(C(=O)c3ccncc3)C2)c2ccccc2S1(=O)=O. The van der Waals surface area contributed by atoms with Crippen molar-refractivity contribution in [2.45, 2.75) is 16.9 Å². The number of carbonyl (C=O) groups is 1. The number of carbonyl (C=O) groups excluding carboxylic acids is 1. The van der Waals surface area contributed by atoms with E-state index in [-0.39, 0.29) is 5.91 Å². The summed E-state index contributed by atoms with van der Waals surface area (Å²) in [5.41, 5.74) is 0.689. The van der Waals surface area contributed by atoms with Gasteiger partial charge >= 0.3 is 0 Å². The van der Waals surface area contributed by atoms with Crippen molar-refractivity contribution in [3.8, 4) is 0 Å². The first-order valence-electron chi connectivity index (χ1n) is 7.75. The monoisotopic (exact) mass is 343 g/mol. The predicted octanol–water partition coefficient (Wildman–Crippen LogP) is 1.46. The third kappa shape index (κ3) is 1.94. The second-order valence-corrected chi connectivity index (χ2v) is 8.15. The molecule has 1 spiro atoms. The topological polar surface area (TPSA) is 70.6 Å². The molecule has 0 N–H and O–H groups in total. The van der Waals surface area contributed by atoms with Gasteiger partial charge in [0.2, 0.25) is 10.0 Å². The molecule has 1 atom stereocenters. The number of nitrogens with zero attached hydrogens (tertiary/aromatic N) is 3. The first-order chi connectivity index (χ1) is 11.5. The van der Waals surface area contributed by atoms with Crippen LogP contribution >= 0.6 is 0 Å². The van der Waals surface area contributed by atoms with E-state index in [1.165, 1.54) is 4.31 Å². The van der Waals surface area contributed by atoms with E-state index in [9.17, 15) is 13.2 Å². The van der Waals surface area contributed by atoms with Gasteiger partial charge in [0.1, 0.15) is 0 Å². The van der Waals surface area contributed by atoms with E-state index >= 15 is 0 Å². The van der Waals surface area contributed by atoms with Crippen molar-refractivity contribution in [1.82, 2.24) is 14.2 Å². The summed E-state index contributed by atoms with van der Waals surface area (Å²) in [5, 5.41) is 0. The summed E-state index contributed by atoms with van der Waals surface area (Å²) in [4.78, 5) is 18.7. The number of hydrogen-bond donors (Lipinski definition) is 0. The molecule has 124 valence electrons. The van der Waals surface area contributed by atoms with Crippen LogP contribution in [0.25, 0.3) is 0 Å². The maximum absolute atomic E-state index is 12.7. The summed E-state index contributed by atoms with van der Waals surface area (Å²) in [7, 11) is -1.90. The molecule has 1 aromatic carbocycles. The summed E-state index contributed by atoms with van der Waals surface area (Å²) < 4.78 is 26.8. The first-order valence-corrected chi connectivity index (χ1v) is 9.19. The van der Waals surface area contributed by atoms with Gasteiger partial charge in [-0.1, -0.05) is 18.2 Å². The second kappa shape index (κ2) is 5.12. The van der Waals surface area contributed by atoms with Gasteiger partial charge in [0.25, 0.3) is 5.91 Å². The Labute approximate surface area is 140 Å². The molecule has 2 aliphatic heterocycles. The highest BCUT2D eigenvalue weighted by Gasteiger charge is 2.55. The fourth-order valence-electron chi connectivity index (χ4n) is 3.74. The Hall–Kier alpha value is -2.25. The number of fused-ring (bicyclic) bond motifs is 2. The van der Waals surface area contributed by atoms with Gasteiger partial charge < -0.3 is 4.90 Å². The van der Waals surface area contributed by atoms with Crippen molar-refractivity contribution in [2.75, 3.05) is 20.1 Å². The van der Waals surface area contributed by atoms with Crippen LogP contribution in [0.5, 0.6) is 0 Å². The summed E-state index contributed by atoms with van der Waals surface area (Å²) >= 11 is 0. The number of pyridine rings is 1. The largest absolute Gasteiger partial charge is 0.336 e. The fraction of sp³-hybridized carbons (Fsp3) is 0.294. The average Bonchev–Trinajstić information content (AvgIpc) is 3.13. The van der Waals surface area contributed by atoms with E-state index in [0.717, 1.165) is 5.56 Å². The minimum absolute atomic E-state index is 0.0931. The van der Waals surface area contributed by atoms with Crippen LogP contribution < -0.4 is 0 Å². The van der Waals surface area contributed by atoms with Crippen molar-refractivity contribution in [2.24, 2.45) is 0 Å². The third-order valence-corrected chi connectivity index (χ3v) is 7.07. The molecular formula is C17H17N3O3S. The highest BCUT2D eigenvalue weighted by molar-refractivity contribution is 7.89. The predicted molar refractivity (Wildman–Crippen MR) is 87.8 cm³/mol. The standard InChI is InChI=1S/C17H17N3O3S/c1-19-17(14-4-2-3-5-15(14)24(19,22)23)8-11-20(12-17)16(21)13-6-9-18-10-7-13/h2-7,9-10H,8,11-12H2,1H3. The summed E-state index contributed by atoms with van der Waals surface area (Å²) in [6.45, 7) is 0.885. The van der Waals surface area contributed by atoms with E-state index in [1.54, 1.807) is 48.6 Å². The number of hydrogen-bond acceptors (Lipinski definition) is 4. The van der Waals surface area contributed by atoms with Gasteiger partial charge in [0.15, 0.2) is 0 Å². The summed E-state index contributed by atoms with van der Waals surface area (Å²) in [6, 6.07) is 10.4. The van der Waals surface area contributed by atoms with E-state index < -0.39 is 15.6 Å². The van der Waals surface area contributed by atoms with Crippen molar-refractivity contribution in [1.29, 1.82) is 0 Å². The zero-order valence-electron chi connectivity index (χ0n) is 13.2. The lowest BCUT2D eigenvalue weighted by molar-refractivity contribution is 0.0769. The van der Waals surface area contributed by atoms with Crippen LogP contribution in [0.1, 0.15) is 22.3 Å². The zero-order chi connectivity index (χ0) is 16.9. The molecule has 1 saturated heterocycles. The van der Waals surface area contributed by atoms with Crippen molar-refractivity contribution in [3.05, 3.63) is 59.9 Å².